The smallest absolute Gasteiger partial charge is 0.139 e. The van der Waals surface area contributed by atoms with Crippen LogP contribution in [0.3, 0.4) is 0 Å². The Kier molecular flexibility index (Phi) is 3.37. The van der Waals surface area contributed by atoms with E-state index >= 15 is 0 Å². The molecule has 2 N–H and O–H groups in total. The molecule has 13 heavy (non-hydrogen) atoms. The van der Waals surface area contributed by atoms with Crippen LogP contribution >= 0.6 is 11.8 Å². The van der Waals surface area contributed by atoms with Gasteiger partial charge in [0.1, 0.15) is 5.82 Å². The van der Waals surface area contributed by atoms with Crippen molar-refractivity contribution in [2.45, 2.75) is 18.2 Å². The Labute approximate surface area is 81.8 Å². The molecule has 0 unspecified atom stereocenters. The van der Waals surface area contributed by atoms with Crippen LogP contribution in [0.1, 0.15) is 12.5 Å². The number of nitrogen functional groups attached to an aromatic ring is 1. The van der Waals surface area contributed by atoms with Crippen molar-refractivity contribution in [2.75, 3.05) is 5.73 Å². The van der Waals surface area contributed by atoms with E-state index in [2.05, 4.69) is 6.58 Å². The molecule has 0 aliphatic rings. The fourth-order valence-corrected chi connectivity index (χ4v) is 1.73. The van der Waals surface area contributed by atoms with E-state index in [-0.39, 0.29) is 5.82 Å². The van der Waals surface area contributed by atoms with Crippen molar-refractivity contribution in [3.05, 3.63) is 35.5 Å². The summed E-state index contributed by atoms with van der Waals surface area (Å²) in [6, 6.07) is 3.17. The van der Waals surface area contributed by atoms with Crippen molar-refractivity contribution in [2.24, 2.45) is 0 Å². The first-order chi connectivity index (χ1) is 6.20. The maximum Gasteiger partial charge on any atom is 0.139 e. The van der Waals surface area contributed by atoms with Gasteiger partial charge in [0.2, 0.25) is 0 Å². The first kappa shape index (κ1) is 10.1. The highest BCUT2D eigenvalue weighted by molar-refractivity contribution is 8.02. The van der Waals surface area contributed by atoms with Crippen molar-refractivity contribution < 1.29 is 4.39 Å². The van der Waals surface area contributed by atoms with Crippen LogP contribution in [0.5, 0.6) is 0 Å². The van der Waals surface area contributed by atoms with E-state index < -0.39 is 0 Å². The lowest BCUT2D eigenvalue weighted by Crippen LogP contribution is -1.97. The number of nitrogens with two attached hydrogens (primary N) is 1. The Morgan fingerprint density at radius 3 is 2.85 bits per heavy atom. The average Bonchev–Trinajstić information content (AvgIpc) is 2.12. The van der Waals surface area contributed by atoms with Gasteiger partial charge in [0, 0.05) is 0 Å². The van der Waals surface area contributed by atoms with Crippen molar-refractivity contribution in [3.8, 4) is 0 Å². The summed E-state index contributed by atoms with van der Waals surface area (Å²) >= 11 is 1.22. The summed E-state index contributed by atoms with van der Waals surface area (Å²) in [5.74, 6) is -0.278. The molecule has 0 fully saturated rings. The van der Waals surface area contributed by atoms with E-state index in [4.69, 9.17) is 5.73 Å². The normalized spacial score (nSPS) is 10.0. The predicted molar refractivity (Wildman–Crippen MR) is 56.2 cm³/mol. The molecule has 0 atom stereocenters. The topological polar surface area (TPSA) is 26.0 Å². The molecule has 0 saturated carbocycles. The number of hydrogen-bond acceptors (Lipinski definition) is 2. The van der Waals surface area contributed by atoms with Gasteiger partial charge in [-0.05, 0) is 23.5 Å². The zero-order valence-corrected chi connectivity index (χ0v) is 8.33. The third kappa shape index (κ3) is 2.04. The van der Waals surface area contributed by atoms with Crippen LogP contribution in [0, 0.1) is 5.82 Å². The van der Waals surface area contributed by atoms with E-state index in [0.29, 0.717) is 10.6 Å². The number of anilines is 1. The molecular weight excluding hydrogens is 185 g/mol. The molecular formula is C10H12FNS. The van der Waals surface area contributed by atoms with Crippen molar-refractivity contribution >= 4 is 17.4 Å². The molecule has 0 spiro atoms. The fourth-order valence-electron chi connectivity index (χ4n) is 1.13. The Bertz CT molecular complexity index is 323. The Morgan fingerprint density at radius 1 is 1.62 bits per heavy atom. The third-order valence-electron chi connectivity index (χ3n) is 1.82. The molecule has 0 heterocycles. The highest BCUT2D eigenvalue weighted by Gasteiger charge is 2.08. The molecule has 3 heteroatoms. The van der Waals surface area contributed by atoms with Gasteiger partial charge in [-0.3, -0.25) is 0 Å². The summed E-state index contributed by atoms with van der Waals surface area (Å²) in [4.78, 5) is 0.481. The lowest BCUT2D eigenvalue weighted by Gasteiger charge is -2.08. The summed E-state index contributed by atoms with van der Waals surface area (Å²) in [7, 11) is 0. The summed E-state index contributed by atoms with van der Waals surface area (Å²) in [6.07, 6.45) is 0.816. The van der Waals surface area contributed by atoms with Crippen LogP contribution in [-0.2, 0) is 6.42 Å². The number of benzene rings is 1. The summed E-state index contributed by atoms with van der Waals surface area (Å²) in [6.45, 7) is 5.53. The second-order valence-corrected chi connectivity index (χ2v) is 3.56. The third-order valence-corrected chi connectivity index (χ3v) is 2.64. The van der Waals surface area contributed by atoms with Gasteiger partial charge in [-0.2, -0.15) is 0 Å². The van der Waals surface area contributed by atoms with Crippen LogP contribution in [0.15, 0.2) is 29.0 Å². The predicted octanol–water partition coefficient (Wildman–Crippen LogP) is 3.21. The molecule has 70 valence electrons. The molecule has 1 aromatic rings. The zero-order valence-electron chi connectivity index (χ0n) is 7.51. The lowest BCUT2D eigenvalue weighted by atomic mass is 10.1. The molecule has 0 radical (unpaired) electrons. The first-order valence-corrected chi connectivity index (χ1v) is 4.93. The van der Waals surface area contributed by atoms with Gasteiger partial charge < -0.3 is 5.73 Å². The molecule has 1 aromatic carbocycles. The number of thioether (sulfide) groups is 1. The Balaban J connectivity index is 3.20. The summed E-state index contributed by atoms with van der Waals surface area (Å²) < 4.78 is 13.2. The maximum atomic E-state index is 13.2. The Morgan fingerprint density at radius 2 is 2.31 bits per heavy atom. The van der Waals surface area contributed by atoms with Crippen LogP contribution in [0.2, 0.25) is 0 Å². The van der Waals surface area contributed by atoms with E-state index in [1.165, 1.54) is 17.8 Å². The van der Waals surface area contributed by atoms with Crippen molar-refractivity contribution in [1.29, 1.82) is 0 Å². The zero-order chi connectivity index (χ0) is 9.84. The van der Waals surface area contributed by atoms with E-state index in [1.54, 1.807) is 11.5 Å². The average molecular weight is 197 g/mol. The minimum absolute atomic E-state index is 0.278. The van der Waals surface area contributed by atoms with E-state index in [9.17, 15) is 4.39 Å². The van der Waals surface area contributed by atoms with Gasteiger partial charge in [0.05, 0.1) is 10.6 Å². The van der Waals surface area contributed by atoms with Gasteiger partial charge in [0.15, 0.2) is 0 Å². The highest BCUT2D eigenvalue weighted by Crippen LogP contribution is 2.31. The standard InChI is InChI=1S/C10H12FNS/c1-3-7-5-6-8(11)10(9(7)12)13-4-2/h4-6H,2-3,12H2,1H3. The molecule has 1 rings (SSSR count). The van der Waals surface area contributed by atoms with E-state index in [1.807, 2.05) is 6.92 Å². The number of hydrogen-bond donors (Lipinski definition) is 1. The minimum Gasteiger partial charge on any atom is -0.398 e. The SMILES string of the molecule is C=CSc1c(F)ccc(CC)c1N. The minimum atomic E-state index is -0.278. The van der Waals surface area contributed by atoms with Crippen molar-refractivity contribution in [3.63, 3.8) is 0 Å². The van der Waals surface area contributed by atoms with Gasteiger partial charge in [0.25, 0.3) is 0 Å². The highest BCUT2D eigenvalue weighted by atomic mass is 32.2. The monoisotopic (exact) mass is 197 g/mol. The Hall–Kier alpha value is -0.960. The summed E-state index contributed by atoms with van der Waals surface area (Å²) in [5, 5.41) is 1.58. The van der Waals surface area contributed by atoms with Gasteiger partial charge in [-0.25, -0.2) is 4.39 Å². The number of rotatable bonds is 3. The first-order valence-electron chi connectivity index (χ1n) is 4.05. The maximum absolute atomic E-state index is 13.2. The van der Waals surface area contributed by atoms with Gasteiger partial charge in [-0.1, -0.05) is 31.3 Å². The van der Waals surface area contributed by atoms with Crippen LogP contribution in [0.4, 0.5) is 10.1 Å². The molecule has 0 bridgehead atoms. The quantitative estimate of drug-likeness (QED) is 0.594. The second kappa shape index (κ2) is 4.33. The molecule has 0 saturated heterocycles. The van der Waals surface area contributed by atoms with E-state index in [0.717, 1.165) is 12.0 Å². The van der Waals surface area contributed by atoms with Crippen LogP contribution < -0.4 is 5.73 Å². The largest absolute Gasteiger partial charge is 0.398 e. The second-order valence-electron chi connectivity index (χ2n) is 2.59. The van der Waals surface area contributed by atoms with Gasteiger partial charge in [-0.15, -0.1) is 0 Å². The molecule has 0 aliphatic heterocycles. The molecule has 0 aromatic heterocycles. The summed E-state index contributed by atoms with van der Waals surface area (Å²) in [5.41, 5.74) is 7.28. The fraction of sp³-hybridized carbons (Fsp3) is 0.200. The molecule has 0 amide bonds. The van der Waals surface area contributed by atoms with Crippen LogP contribution in [-0.4, -0.2) is 0 Å². The van der Waals surface area contributed by atoms with Gasteiger partial charge >= 0.3 is 0 Å². The number of aryl methyl sites for hydroxylation is 1. The molecule has 1 nitrogen and oxygen atoms in total. The number of halogens is 1. The van der Waals surface area contributed by atoms with Crippen molar-refractivity contribution in [1.82, 2.24) is 0 Å². The van der Waals surface area contributed by atoms with Crippen LogP contribution in [0.25, 0.3) is 0 Å². The lowest BCUT2D eigenvalue weighted by molar-refractivity contribution is 0.603. The molecule has 0 aliphatic carbocycles.